The minimum atomic E-state index is -2.87. The van der Waals surface area contributed by atoms with E-state index in [0.717, 1.165) is 7.11 Å². The third kappa shape index (κ3) is 0.829. The lowest BCUT2D eigenvalue weighted by Crippen LogP contribution is -2.39. The fraction of sp³-hybridized carbons (Fsp3) is 0.875. The summed E-state index contributed by atoms with van der Waals surface area (Å²) in [6, 6.07) is 0. The number of ether oxygens (including phenoxy) is 1. The number of halogens is 2. The molecule has 1 saturated carbocycles. The summed E-state index contributed by atoms with van der Waals surface area (Å²) < 4.78 is 30.9. The first kappa shape index (κ1) is 8.87. The van der Waals surface area contributed by atoms with Crippen LogP contribution in [0, 0.1) is 11.3 Å². The minimum Gasteiger partial charge on any atom is -0.468 e. The molecule has 1 heterocycles. The van der Waals surface area contributed by atoms with Gasteiger partial charge in [0.1, 0.15) is 0 Å². The average Bonchev–Trinajstić information content (AvgIpc) is 2.65. The second-order valence-corrected chi connectivity index (χ2v) is 3.60. The number of fused-ring (bicyclic) bond motifs is 1. The molecule has 74 valence electrons. The molecule has 2 fully saturated rings. The molecular formula is C8H11F2NO2. The van der Waals surface area contributed by atoms with Gasteiger partial charge in [0.25, 0.3) is 5.92 Å². The number of alkyl halides is 2. The lowest BCUT2D eigenvalue weighted by molar-refractivity contribution is -0.151. The van der Waals surface area contributed by atoms with Crippen LogP contribution in [0.1, 0.15) is 6.42 Å². The Morgan fingerprint density at radius 1 is 1.62 bits per heavy atom. The zero-order valence-corrected chi connectivity index (χ0v) is 7.27. The molecule has 0 radical (unpaired) electrons. The predicted molar refractivity (Wildman–Crippen MR) is 40.4 cm³/mol. The van der Waals surface area contributed by atoms with Crippen molar-refractivity contribution in [2.45, 2.75) is 12.3 Å². The average molecular weight is 191 g/mol. The quantitative estimate of drug-likeness (QED) is 0.610. The molecule has 1 saturated heterocycles. The molecule has 1 N–H and O–H groups in total. The van der Waals surface area contributed by atoms with E-state index in [1.165, 1.54) is 0 Å². The van der Waals surface area contributed by atoms with Gasteiger partial charge in [0.05, 0.1) is 7.11 Å². The van der Waals surface area contributed by atoms with E-state index >= 15 is 0 Å². The van der Waals surface area contributed by atoms with Gasteiger partial charge in [-0.25, -0.2) is 8.78 Å². The van der Waals surface area contributed by atoms with Gasteiger partial charge in [-0.2, -0.15) is 0 Å². The van der Waals surface area contributed by atoms with E-state index in [-0.39, 0.29) is 6.54 Å². The number of esters is 1. The summed E-state index contributed by atoms with van der Waals surface area (Å²) in [5.74, 6) is -4.47. The van der Waals surface area contributed by atoms with E-state index < -0.39 is 23.2 Å². The molecule has 0 aromatic carbocycles. The Balaban J connectivity index is 2.26. The van der Waals surface area contributed by atoms with Crippen molar-refractivity contribution in [1.82, 2.24) is 5.32 Å². The molecule has 0 aromatic rings. The maximum Gasteiger partial charge on any atom is 0.319 e. The lowest BCUT2D eigenvalue weighted by atomic mass is 9.99. The van der Waals surface area contributed by atoms with Crippen molar-refractivity contribution in [1.29, 1.82) is 0 Å². The fourth-order valence-electron chi connectivity index (χ4n) is 2.27. The minimum absolute atomic E-state index is 0.0390. The van der Waals surface area contributed by atoms with Crippen LogP contribution in [0.3, 0.4) is 0 Å². The van der Waals surface area contributed by atoms with Crippen molar-refractivity contribution in [2.75, 3.05) is 20.2 Å². The van der Waals surface area contributed by atoms with Gasteiger partial charge < -0.3 is 10.1 Å². The molecule has 0 aromatic heterocycles. The molecule has 13 heavy (non-hydrogen) atoms. The number of rotatable bonds is 1. The highest BCUT2D eigenvalue weighted by atomic mass is 19.3. The molecule has 2 rings (SSSR count). The Kier molecular flexibility index (Phi) is 1.64. The Hall–Kier alpha value is -0.710. The fourth-order valence-corrected chi connectivity index (χ4v) is 2.27. The first-order chi connectivity index (χ1) is 6.07. The number of hydrogen-bond acceptors (Lipinski definition) is 3. The first-order valence-electron chi connectivity index (χ1n) is 4.24. The normalized spacial score (nSPS) is 40.7. The van der Waals surface area contributed by atoms with Crippen molar-refractivity contribution in [3.05, 3.63) is 0 Å². The maximum absolute atomic E-state index is 13.3. The van der Waals surface area contributed by atoms with Crippen LogP contribution in [0.4, 0.5) is 8.78 Å². The Morgan fingerprint density at radius 2 is 2.31 bits per heavy atom. The Morgan fingerprint density at radius 3 is 2.85 bits per heavy atom. The second kappa shape index (κ2) is 2.41. The van der Waals surface area contributed by atoms with Gasteiger partial charge in [0, 0.05) is 12.5 Å². The smallest absolute Gasteiger partial charge is 0.319 e. The van der Waals surface area contributed by atoms with Crippen molar-refractivity contribution in [3.63, 3.8) is 0 Å². The van der Waals surface area contributed by atoms with Crippen LogP contribution >= 0.6 is 0 Å². The van der Waals surface area contributed by atoms with Crippen LogP contribution in [0.15, 0.2) is 0 Å². The van der Waals surface area contributed by atoms with E-state index in [1.807, 2.05) is 0 Å². The summed E-state index contributed by atoms with van der Waals surface area (Å²) in [6.45, 7) is 0.594. The van der Waals surface area contributed by atoms with Crippen molar-refractivity contribution >= 4 is 5.97 Å². The SMILES string of the molecule is COC(=O)[C@]12CNCC[C@@H]1C2(F)F. The van der Waals surface area contributed by atoms with Crippen molar-refractivity contribution < 1.29 is 18.3 Å². The van der Waals surface area contributed by atoms with Crippen molar-refractivity contribution in [2.24, 2.45) is 11.3 Å². The molecule has 1 aliphatic heterocycles. The first-order valence-corrected chi connectivity index (χ1v) is 4.24. The van der Waals surface area contributed by atoms with Gasteiger partial charge in [-0.3, -0.25) is 4.79 Å². The van der Waals surface area contributed by atoms with Gasteiger partial charge in [-0.05, 0) is 13.0 Å². The van der Waals surface area contributed by atoms with Gasteiger partial charge in [0.2, 0.25) is 0 Å². The van der Waals surface area contributed by atoms with E-state index in [9.17, 15) is 13.6 Å². The van der Waals surface area contributed by atoms with E-state index in [4.69, 9.17) is 0 Å². The number of nitrogens with one attached hydrogen (secondary N) is 1. The van der Waals surface area contributed by atoms with Gasteiger partial charge in [0.15, 0.2) is 5.41 Å². The van der Waals surface area contributed by atoms with Crippen LogP contribution in [-0.2, 0) is 9.53 Å². The van der Waals surface area contributed by atoms with E-state index in [1.54, 1.807) is 0 Å². The van der Waals surface area contributed by atoms with Gasteiger partial charge >= 0.3 is 5.97 Å². The van der Waals surface area contributed by atoms with Crippen LogP contribution in [0.2, 0.25) is 0 Å². The molecule has 5 heteroatoms. The standard InChI is InChI=1S/C8H11F2NO2/c1-13-6(12)7-4-11-3-2-5(7)8(7,9)10/h5,11H,2-4H2,1H3/t5-,7-/m0/s1. The summed E-state index contributed by atoms with van der Waals surface area (Å²) in [5, 5.41) is 2.81. The predicted octanol–water partition coefficient (Wildman–Crippen LogP) is 0.404. The highest BCUT2D eigenvalue weighted by molar-refractivity contribution is 5.83. The molecule has 2 aliphatic rings. The van der Waals surface area contributed by atoms with Gasteiger partial charge in [-0.1, -0.05) is 0 Å². The van der Waals surface area contributed by atoms with E-state index in [0.29, 0.717) is 13.0 Å². The second-order valence-electron chi connectivity index (χ2n) is 3.60. The topological polar surface area (TPSA) is 38.3 Å². The molecule has 3 nitrogen and oxygen atoms in total. The number of carbonyl (C=O) groups is 1. The molecule has 2 atom stereocenters. The summed E-state index contributed by atoms with van der Waals surface area (Å²) >= 11 is 0. The summed E-state index contributed by atoms with van der Waals surface area (Å²) in [4.78, 5) is 11.2. The zero-order chi connectivity index (χ0) is 9.69. The van der Waals surface area contributed by atoms with Crippen LogP contribution < -0.4 is 5.32 Å². The highest BCUT2D eigenvalue weighted by Crippen LogP contribution is 2.68. The molecule has 0 spiro atoms. The van der Waals surface area contributed by atoms with Crippen LogP contribution in [-0.4, -0.2) is 32.1 Å². The molecular weight excluding hydrogens is 180 g/mol. The summed E-state index contributed by atoms with van der Waals surface area (Å²) in [5.41, 5.74) is -1.56. The van der Waals surface area contributed by atoms with Crippen LogP contribution in [0.5, 0.6) is 0 Å². The number of methoxy groups -OCH3 is 1. The molecule has 0 amide bonds. The molecule has 0 bridgehead atoms. The van der Waals surface area contributed by atoms with Crippen LogP contribution in [0.25, 0.3) is 0 Å². The number of carbonyl (C=O) groups excluding carboxylic acids is 1. The molecule has 0 unspecified atom stereocenters. The zero-order valence-electron chi connectivity index (χ0n) is 7.27. The Labute approximate surface area is 74.4 Å². The third-order valence-corrected chi connectivity index (χ3v) is 3.11. The van der Waals surface area contributed by atoms with Crippen molar-refractivity contribution in [3.8, 4) is 0 Å². The number of piperidine rings is 1. The summed E-state index contributed by atoms with van der Waals surface area (Å²) in [6.07, 6.45) is 0.349. The maximum atomic E-state index is 13.3. The largest absolute Gasteiger partial charge is 0.468 e. The van der Waals surface area contributed by atoms with E-state index in [2.05, 4.69) is 10.1 Å². The van der Waals surface area contributed by atoms with Gasteiger partial charge in [-0.15, -0.1) is 0 Å². The highest BCUT2D eigenvalue weighted by Gasteiger charge is 2.85. The number of hydrogen-bond donors (Lipinski definition) is 1. The lowest BCUT2D eigenvalue weighted by Gasteiger charge is -2.18. The Bertz CT molecular complexity index is 257. The monoisotopic (exact) mass is 191 g/mol. The third-order valence-electron chi connectivity index (χ3n) is 3.11. The summed E-state index contributed by atoms with van der Waals surface area (Å²) in [7, 11) is 1.15. The molecule has 1 aliphatic carbocycles.